The molecule has 10 nitrogen and oxygen atoms in total. The number of aromatic nitrogens is 5. The van der Waals surface area contributed by atoms with Crippen LogP contribution in [-0.4, -0.2) is 49.6 Å². The first kappa shape index (κ1) is 24.1. The first-order chi connectivity index (χ1) is 16.9. The van der Waals surface area contributed by atoms with E-state index >= 15 is 0 Å². The fraction of sp³-hybridized carbons (Fsp3) is 0.174. The zero-order chi connectivity index (χ0) is 24.9. The van der Waals surface area contributed by atoms with Crippen molar-refractivity contribution >= 4 is 23.4 Å². The van der Waals surface area contributed by atoms with E-state index in [0.29, 0.717) is 16.7 Å². The first-order valence-corrected chi connectivity index (χ1v) is 11.4. The highest BCUT2D eigenvalue weighted by Gasteiger charge is 2.22. The van der Waals surface area contributed by atoms with E-state index in [9.17, 15) is 18.8 Å². The molecule has 0 aliphatic rings. The lowest BCUT2D eigenvalue weighted by Crippen LogP contribution is -2.37. The van der Waals surface area contributed by atoms with Gasteiger partial charge in [-0.3, -0.25) is 23.7 Å². The van der Waals surface area contributed by atoms with Gasteiger partial charge in [0.05, 0.1) is 18.9 Å². The number of nitrogens with two attached hydrogens (primary N) is 1. The van der Waals surface area contributed by atoms with E-state index in [4.69, 9.17) is 10.5 Å². The van der Waals surface area contributed by atoms with E-state index in [1.54, 1.807) is 16.7 Å². The van der Waals surface area contributed by atoms with Crippen molar-refractivity contribution in [1.29, 1.82) is 0 Å². The van der Waals surface area contributed by atoms with Crippen LogP contribution < -0.4 is 17.0 Å². The van der Waals surface area contributed by atoms with Crippen molar-refractivity contribution in [2.45, 2.75) is 11.7 Å². The number of hydrogen-bond acceptors (Lipinski definition) is 8. The van der Waals surface area contributed by atoms with Gasteiger partial charge < -0.3 is 10.5 Å². The van der Waals surface area contributed by atoms with Crippen molar-refractivity contribution in [2.75, 3.05) is 25.2 Å². The maximum atomic E-state index is 13.5. The molecule has 0 saturated heterocycles. The molecule has 0 unspecified atom stereocenters. The third-order valence-corrected chi connectivity index (χ3v) is 6.05. The van der Waals surface area contributed by atoms with Gasteiger partial charge in [0.2, 0.25) is 0 Å². The van der Waals surface area contributed by atoms with Crippen LogP contribution in [0.3, 0.4) is 0 Å². The van der Waals surface area contributed by atoms with Crippen molar-refractivity contribution in [3.05, 3.63) is 86.8 Å². The van der Waals surface area contributed by atoms with E-state index in [-0.39, 0.29) is 30.3 Å². The summed E-state index contributed by atoms with van der Waals surface area (Å²) in [5.41, 5.74) is 5.46. The molecule has 2 aromatic heterocycles. The molecular weight excluding hydrogens is 475 g/mol. The number of hydrogen-bond donors (Lipinski definition) is 2. The predicted octanol–water partition coefficient (Wildman–Crippen LogP) is 2.13. The van der Waals surface area contributed by atoms with E-state index in [1.807, 2.05) is 30.3 Å². The molecular formula is C23H21FN6O4S. The number of rotatable bonds is 9. The monoisotopic (exact) mass is 496 g/mol. The summed E-state index contributed by atoms with van der Waals surface area (Å²) in [5.74, 6) is -0.922. The van der Waals surface area contributed by atoms with E-state index in [2.05, 4.69) is 15.2 Å². The van der Waals surface area contributed by atoms with Gasteiger partial charge in [0, 0.05) is 18.4 Å². The van der Waals surface area contributed by atoms with Gasteiger partial charge in [-0.1, -0.05) is 42.1 Å². The second kappa shape index (κ2) is 10.5. The van der Waals surface area contributed by atoms with Crippen molar-refractivity contribution in [3.8, 4) is 17.1 Å². The van der Waals surface area contributed by atoms with Gasteiger partial charge in [0.1, 0.15) is 17.2 Å². The number of ketones is 1. The van der Waals surface area contributed by atoms with Gasteiger partial charge in [-0.05, 0) is 24.3 Å². The average Bonchev–Trinajstić information content (AvgIpc) is 3.27. The fourth-order valence-corrected chi connectivity index (χ4v) is 4.25. The number of carbonyl (C=O) groups is 1. The average molecular weight is 497 g/mol. The van der Waals surface area contributed by atoms with Crippen molar-refractivity contribution < 1.29 is 13.9 Å². The summed E-state index contributed by atoms with van der Waals surface area (Å²) in [6.45, 7) is 0.242. The molecule has 4 rings (SSSR count). The number of anilines is 1. The third kappa shape index (κ3) is 5.08. The topological polar surface area (TPSA) is 138 Å². The number of halogens is 1. The van der Waals surface area contributed by atoms with Crippen LogP contribution in [0.4, 0.5) is 10.2 Å². The van der Waals surface area contributed by atoms with Gasteiger partial charge in [-0.25, -0.2) is 9.18 Å². The van der Waals surface area contributed by atoms with Crippen molar-refractivity contribution in [3.63, 3.8) is 0 Å². The molecule has 0 bridgehead atoms. The van der Waals surface area contributed by atoms with Crippen molar-refractivity contribution in [2.24, 2.45) is 0 Å². The molecule has 2 heterocycles. The maximum absolute atomic E-state index is 13.5. The summed E-state index contributed by atoms with van der Waals surface area (Å²) >= 11 is 1.04. The fourth-order valence-electron chi connectivity index (χ4n) is 3.42. The minimum absolute atomic E-state index is 0.0741. The molecule has 0 fully saturated rings. The number of ether oxygens (including phenoxy) is 1. The highest BCUT2D eigenvalue weighted by atomic mass is 32.2. The Balaban J connectivity index is 1.67. The quantitative estimate of drug-likeness (QED) is 0.266. The molecule has 12 heteroatoms. The summed E-state index contributed by atoms with van der Waals surface area (Å²) in [6.07, 6.45) is 0. The van der Waals surface area contributed by atoms with Crippen LogP contribution in [0.2, 0.25) is 0 Å². The third-order valence-electron chi connectivity index (χ3n) is 5.12. The zero-order valence-electron chi connectivity index (χ0n) is 18.6. The minimum atomic E-state index is -0.864. The summed E-state index contributed by atoms with van der Waals surface area (Å²) in [7, 11) is 1.45. The van der Waals surface area contributed by atoms with Crippen molar-refractivity contribution in [1.82, 2.24) is 24.3 Å². The lowest BCUT2D eigenvalue weighted by Gasteiger charge is -2.12. The van der Waals surface area contributed by atoms with Gasteiger partial charge in [-0.15, -0.1) is 10.2 Å². The molecule has 4 aromatic rings. The Labute approximate surface area is 202 Å². The second-order valence-corrected chi connectivity index (χ2v) is 8.30. The number of benzene rings is 2. The Hall–Kier alpha value is -4.03. The number of H-pyrrole nitrogens is 1. The zero-order valence-corrected chi connectivity index (χ0v) is 19.4. The molecule has 0 amide bonds. The van der Waals surface area contributed by atoms with Crippen LogP contribution >= 0.6 is 11.8 Å². The van der Waals surface area contributed by atoms with Gasteiger partial charge >= 0.3 is 5.69 Å². The molecule has 0 aliphatic heterocycles. The van der Waals surface area contributed by atoms with E-state index in [1.165, 1.54) is 19.2 Å². The summed E-state index contributed by atoms with van der Waals surface area (Å²) in [4.78, 5) is 39.6. The van der Waals surface area contributed by atoms with Gasteiger partial charge in [0.25, 0.3) is 5.56 Å². The molecule has 0 aliphatic carbocycles. The van der Waals surface area contributed by atoms with Crippen LogP contribution in [0, 0.1) is 5.82 Å². The van der Waals surface area contributed by atoms with Crippen LogP contribution in [0.15, 0.2) is 69.3 Å². The standard InChI is InChI=1S/C23H21FN6O4S/c1-34-12-11-29-19(25)18(21(32)26-22(29)33)17(31)13-35-23-28-27-20(14-5-3-2-4-6-14)30(23)16-9-7-15(24)8-10-16/h2-10H,11-13,25H2,1H3,(H,26,32,33). The van der Waals surface area contributed by atoms with Gasteiger partial charge in [-0.2, -0.15) is 0 Å². The van der Waals surface area contributed by atoms with Crippen LogP contribution in [0.5, 0.6) is 0 Å². The number of nitrogens with one attached hydrogen (secondary N) is 1. The molecule has 0 spiro atoms. The summed E-state index contributed by atoms with van der Waals surface area (Å²) < 4.78 is 21.3. The highest BCUT2D eigenvalue weighted by molar-refractivity contribution is 7.99. The molecule has 0 saturated carbocycles. The Kier molecular flexibility index (Phi) is 7.22. The SMILES string of the molecule is COCCn1c(N)c(C(=O)CSc2nnc(-c3ccccc3)n2-c2ccc(F)cc2)c(=O)[nH]c1=O. The molecule has 2 aromatic carbocycles. The molecule has 3 N–H and O–H groups in total. The number of carbonyl (C=O) groups excluding carboxylic acids is 1. The predicted molar refractivity (Wildman–Crippen MR) is 129 cm³/mol. The Morgan fingerprint density at radius 3 is 2.51 bits per heavy atom. The largest absolute Gasteiger partial charge is 0.384 e. The Bertz CT molecular complexity index is 1460. The summed E-state index contributed by atoms with van der Waals surface area (Å²) in [5, 5.41) is 8.83. The smallest absolute Gasteiger partial charge is 0.330 e. The molecule has 35 heavy (non-hydrogen) atoms. The van der Waals surface area contributed by atoms with Crippen LogP contribution in [0.1, 0.15) is 10.4 Å². The number of methoxy groups -OCH3 is 1. The number of Topliss-reactive ketones (excluding diaryl/α,β-unsaturated/α-hetero) is 1. The lowest BCUT2D eigenvalue weighted by atomic mass is 10.2. The van der Waals surface area contributed by atoms with E-state index in [0.717, 1.165) is 21.9 Å². The minimum Gasteiger partial charge on any atom is -0.384 e. The Morgan fingerprint density at radius 1 is 1.11 bits per heavy atom. The van der Waals surface area contributed by atoms with Crippen LogP contribution in [0.25, 0.3) is 17.1 Å². The molecule has 180 valence electrons. The maximum Gasteiger partial charge on any atom is 0.330 e. The second-order valence-electron chi connectivity index (χ2n) is 7.36. The van der Waals surface area contributed by atoms with E-state index < -0.39 is 22.8 Å². The highest BCUT2D eigenvalue weighted by Crippen LogP contribution is 2.28. The normalized spacial score (nSPS) is 11.0. The number of aromatic amines is 1. The number of nitrogen functional groups attached to an aromatic ring is 1. The number of thioether (sulfide) groups is 1. The number of nitrogens with zero attached hydrogens (tertiary/aromatic N) is 4. The van der Waals surface area contributed by atoms with Crippen LogP contribution in [-0.2, 0) is 11.3 Å². The lowest BCUT2D eigenvalue weighted by molar-refractivity contribution is 0.102. The summed E-state index contributed by atoms with van der Waals surface area (Å²) in [6, 6.07) is 15.0. The van der Waals surface area contributed by atoms with Gasteiger partial charge in [0.15, 0.2) is 16.8 Å². The molecule has 0 atom stereocenters. The Morgan fingerprint density at radius 2 is 1.83 bits per heavy atom. The molecule has 0 radical (unpaired) electrons. The first-order valence-electron chi connectivity index (χ1n) is 10.4.